The molecular weight excluding hydrogens is 195 g/mol. The van der Waals surface area contributed by atoms with Gasteiger partial charge in [-0.2, -0.15) is 0 Å². The highest BCUT2D eigenvalue weighted by atomic mass is 19.1. The van der Waals surface area contributed by atoms with E-state index in [-0.39, 0.29) is 30.7 Å². The maximum Gasteiger partial charge on any atom is 0.162 e. The lowest BCUT2D eigenvalue weighted by atomic mass is 10.1. The fraction of sp³-hybridized carbons (Fsp3) is 0.417. The third-order valence-corrected chi connectivity index (χ3v) is 1.92. The van der Waals surface area contributed by atoms with Crippen LogP contribution >= 0.6 is 0 Å². The van der Waals surface area contributed by atoms with Crippen LogP contribution in [0.3, 0.4) is 0 Å². The molecule has 0 heterocycles. The summed E-state index contributed by atoms with van der Waals surface area (Å²) in [6, 6.07) is 6.29. The summed E-state index contributed by atoms with van der Waals surface area (Å²) in [6.45, 7) is 3.76. The molecular formula is C12H15FO2. The third-order valence-electron chi connectivity index (χ3n) is 1.92. The molecule has 0 spiro atoms. The van der Waals surface area contributed by atoms with Crippen LogP contribution in [0.1, 0.15) is 19.4 Å². The smallest absolute Gasteiger partial charge is 0.162 e. The number of rotatable bonds is 5. The van der Waals surface area contributed by atoms with Crippen molar-refractivity contribution in [1.29, 1.82) is 0 Å². The number of ether oxygens (including phenoxy) is 1. The first-order valence-electron chi connectivity index (χ1n) is 4.96. The molecule has 0 unspecified atom stereocenters. The summed E-state index contributed by atoms with van der Waals surface area (Å²) in [5.41, 5.74) is 0.426. The predicted octanol–water partition coefficient (Wildman–Crippen LogP) is 2.36. The summed E-state index contributed by atoms with van der Waals surface area (Å²) in [7, 11) is 0. The zero-order valence-electron chi connectivity index (χ0n) is 9.00. The molecule has 3 heteroatoms. The summed E-state index contributed by atoms with van der Waals surface area (Å²) in [5, 5.41) is 0. The summed E-state index contributed by atoms with van der Waals surface area (Å²) >= 11 is 0. The van der Waals surface area contributed by atoms with Gasteiger partial charge in [-0.05, 0) is 25.5 Å². The van der Waals surface area contributed by atoms with Gasteiger partial charge in [-0.15, -0.1) is 0 Å². The minimum Gasteiger partial charge on any atom is -0.371 e. The first kappa shape index (κ1) is 11.9. The number of halogens is 1. The second-order valence-corrected chi connectivity index (χ2v) is 3.67. The zero-order valence-corrected chi connectivity index (χ0v) is 9.00. The van der Waals surface area contributed by atoms with Crippen LogP contribution in [0, 0.1) is 5.82 Å². The van der Waals surface area contributed by atoms with Crippen molar-refractivity contribution in [2.75, 3.05) is 6.61 Å². The number of carbonyl (C=O) groups is 1. The summed E-state index contributed by atoms with van der Waals surface area (Å²) < 4.78 is 18.3. The highest BCUT2D eigenvalue weighted by Gasteiger charge is 2.08. The van der Waals surface area contributed by atoms with Crippen molar-refractivity contribution in [3.8, 4) is 0 Å². The molecule has 0 bridgehead atoms. The Balaban J connectivity index is 2.48. The molecule has 0 radical (unpaired) electrons. The van der Waals surface area contributed by atoms with Gasteiger partial charge in [-0.3, -0.25) is 4.79 Å². The highest BCUT2D eigenvalue weighted by Crippen LogP contribution is 2.07. The average molecular weight is 210 g/mol. The number of hydrogen-bond donors (Lipinski definition) is 0. The highest BCUT2D eigenvalue weighted by molar-refractivity contribution is 5.82. The van der Waals surface area contributed by atoms with Crippen LogP contribution in [0.15, 0.2) is 24.3 Å². The van der Waals surface area contributed by atoms with Crippen LogP contribution < -0.4 is 0 Å². The number of benzene rings is 1. The molecule has 0 aliphatic carbocycles. The van der Waals surface area contributed by atoms with Gasteiger partial charge >= 0.3 is 0 Å². The van der Waals surface area contributed by atoms with Gasteiger partial charge in [-0.25, -0.2) is 4.39 Å². The quantitative estimate of drug-likeness (QED) is 0.745. The monoisotopic (exact) mass is 210 g/mol. The Bertz CT molecular complexity index is 334. The molecule has 1 aromatic rings. The Kier molecular flexibility index (Phi) is 4.43. The van der Waals surface area contributed by atoms with Crippen LogP contribution in [-0.2, 0) is 16.0 Å². The van der Waals surface area contributed by atoms with Gasteiger partial charge in [0.15, 0.2) is 5.78 Å². The van der Waals surface area contributed by atoms with E-state index in [9.17, 15) is 9.18 Å². The van der Waals surface area contributed by atoms with Gasteiger partial charge in [0.1, 0.15) is 12.4 Å². The van der Waals surface area contributed by atoms with Gasteiger partial charge in [-0.1, -0.05) is 18.2 Å². The van der Waals surface area contributed by atoms with E-state index in [1.807, 2.05) is 13.8 Å². The molecule has 0 aliphatic rings. The van der Waals surface area contributed by atoms with Gasteiger partial charge < -0.3 is 4.74 Å². The molecule has 1 aromatic carbocycles. The van der Waals surface area contributed by atoms with E-state index in [1.165, 1.54) is 6.07 Å². The zero-order chi connectivity index (χ0) is 11.3. The van der Waals surface area contributed by atoms with E-state index < -0.39 is 0 Å². The topological polar surface area (TPSA) is 26.3 Å². The fourth-order valence-corrected chi connectivity index (χ4v) is 1.16. The minimum absolute atomic E-state index is 0.0228. The Morgan fingerprint density at radius 1 is 1.40 bits per heavy atom. The van der Waals surface area contributed by atoms with Crippen molar-refractivity contribution in [1.82, 2.24) is 0 Å². The van der Waals surface area contributed by atoms with Crippen LogP contribution in [0.5, 0.6) is 0 Å². The summed E-state index contributed by atoms with van der Waals surface area (Å²) in [4.78, 5) is 11.4. The first-order valence-corrected chi connectivity index (χ1v) is 4.96. The van der Waals surface area contributed by atoms with Gasteiger partial charge in [0, 0.05) is 6.42 Å². The van der Waals surface area contributed by atoms with Gasteiger partial charge in [0.2, 0.25) is 0 Å². The molecule has 0 aromatic heterocycles. The van der Waals surface area contributed by atoms with Crippen molar-refractivity contribution in [3.05, 3.63) is 35.6 Å². The predicted molar refractivity (Wildman–Crippen MR) is 56.2 cm³/mol. The summed E-state index contributed by atoms with van der Waals surface area (Å²) in [6.07, 6.45) is 0.119. The molecule has 0 fully saturated rings. The Hall–Kier alpha value is -1.22. The molecule has 15 heavy (non-hydrogen) atoms. The van der Waals surface area contributed by atoms with Gasteiger partial charge in [0.25, 0.3) is 0 Å². The molecule has 0 saturated heterocycles. The Labute approximate surface area is 89.1 Å². The lowest BCUT2D eigenvalue weighted by molar-refractivity contribution is -0.124. The minimum atomic E-state index is -0.338. The van der Waals surface area contributed by atoms with Crippen LogP contribution in [0.2, 0.25) is 0 Å². The molecule has 0 saturated carbocycles. The van der Waals surface area contributed by atoms with Crippen molar-refractivity contribution in [2.45, 2.75) is 26.4 Å². The van der Waals surface area contributed by atoms with E-state index in [0.717, 1.165) is 0 Å². The summed E-state index contributed by atoms with van der Waals surface area (Å²) in [5.74, 6) is -0.441. The van der Waals surface area contributed by atoms with Crippen LogP contribution in [-0.4, -0.2) is 18.5 Å². The van der Waals surface area contributed by atoms with E-state index in [0.29, 0.717) is 5.56 Å². The largest absolute Gasteiger partial charge is 0.371 e. The number of ketones is 1. The molecule has 0 amide bonds. The molecule has 82 valence electrons. The molecule has 0 aliphatic heterocycles. The van der Waals surface area contributed by atoms with Crippen molar-refractivity contribution in [3.63, 3.8) is 0 Å². The second-order valence-electron chi connectivity index (χ2n) is 3.67. The van der Waals surface area contributed by atoms with Crippen LogP contribution in [0.25, 0.3) is 0 Å². The van der Waals surface area contributed by atoms with E-state index in [4.69, 9.17) is 4.74 Å². The average Bonchev–Trinajstić information content (AvgIpc) is 2.18. The number of carbonyl (C=O) groups excluding carboxylic acids is 1. The molecule has 0 N–H and O–H groups in total. The van der Waals surface area contributed by atoms with E-state index in [1.54, 1.807) is 18.2 Å². The van der Waals surface area contributed by atoms with Crippen LogP contribution in [0.4, 0.5) is 4.39 Å². The second kappa shape index (κ2) is 5.61. The van der Waals surface area contributed by atoms with Crippen molar-refractivity contribution in [2.24, 2.45) is 0 Å². The molecule has 1 rings (SSSR count). The number of hydrogen-bond acceptors (Lipinski definition) is 2. The van der Waals surface area contributed by atoms with Gasteiger partial charge in [0.05, 0.1) is 6.10 Å². The lowest BCUT2D eigenvalue weighted by Gasteiger charge is -2.06. The van der Waals surface area contributed by atoms with E-state index in [2.05, 4.69) is 0 Å². The normalized spacial score (nSPS) is 10.7. The maximum atomic E-state index is 13.2. The lowest BCUT2D eigenvalue weighted by Crippen LogP contribution is -2.15. The molecule has 2 nitrogen and oxygen atoms in total. The standard InChI is InChI=1S/C12H15FO2/c1-9(2)15-8-11(14)7-10-5-3-4-6-12(10)13/h3-6,9H,7-8H2,1-2H3. The Morgan fingerprint density at radius 2 is 2.07 bits per heavy atom. The maximum absolute atomic E-state index is 13.2. The first-order chi connectivity index (χ1) is 7.09. The van der Waals surface area contributed by atoms with Crippen molar-refractivity contribution < 1.29 is 13.9 Å². The number of Topliss-reactive ketones (excluding diaryl/α,β-unsaturated/α-hetero) is 1. The third kappa shape index (κ3) is 4.21. The molecule has 0 atom stereocenters. The SMILES string of the molecule is CC(C)OCC(=O)Cc1ccccc1F. The van der Waals surface area contributed by atoms with E-state index >= 15 is 0 Å². The Morgan fingerprint density at radius 3 is 2.67 bits per heavy atom. The van der Waals surface area contributed by atoms with Crippen molar-refractivity contribution >= 4 is 5.78 Å². The fourth-order valence-electron chi connectivity index (χ4n) is 1.16.